The lowest BCUT2D eigenvalue weighted by Crippen LogP contribution is -2.42. The second-order valence-corrected chi connectivity index (χ2v) is 10.7. The molecule has 0 aromatic heterocycles. The Hall–Kier alpha value is 0.0969. The van der Waals surface area contributed by atoms with Crippen LogP contribution in [0.3, 0.4) is 0 Å². The van der Waals surface area contributed by atoms with Gasteiger partial charge in [0.15, 0.2) is 8.32 Å². The first-order chi connectivity index (χ1) is 6.72. The standard InChI is InChI=1S/C11H24O3Si/c1-11(2,3)15(4,5)14-8-10-6-9(12)7-13-10/h9-10,12H,6-8H2,1-5H3/t9-,10+/m0/s1. The van der Waals surface area contributed by atoms with Gasteiger partial charge in [-0.1, -0.05) is 20.8 Å². The number of aliphatic hydroxyl groups is 1. The van der Waals surface area contributed by atoms with Crippen molar-refractivity contribution in [1.29, 1.82) is 0 Å². The fraction of sp³-hybridized carbons (Fsp3) is 1.00. The Morgan fingerprint density at radius 3 is 2.40 bits per heavy atom. The number of ether oxygens (including phenoxy) is 1. The molecule has 0 unspecified atom stereocenters. The Morgan fingerprint density at radius 1 is 1.40 bits per heavy atom. The average molecular weight is 232 g/mol. The first-order valence-corrected chi connectivity index (χ1v) is 8.57. The van der Waals surface area contributed by atoms with E-state index in [9.17, 15) is 5.11 Å². The largest absolute Gasteiger partial charge is 0.414 e. The van der Waals surface area contributed by atoms with Crippen molar-refractivity contribution in [3.05, 3.63) is 0 Å². The van der Waals surface area contributed by atoms with Gasteiger partial charge in [-0.15, -0.1) is 0 Å². The van der Waals surface area contributed by atoms with Gasteiger partial charge in [-0.25, -0.2) is 0 Å². The summed E-state index contributed by atoms with van der Waals surface area (Å²) in [5.74, 6) is 0. The van der Waals surface area contributed by atoms with Crippen LogP contribution in [0, 0.1) is 0 Å². The SMILES string of the molecule is CC(C)(C)[Si](C)(C)OC[C@H]1C[C@H](O)CO1. The maximum atomic E-state index is 9.32. The summed E-state index contributed by atoms with van der Waals surface area (Å²) in [4.78, 5) is 0. The van der Waals surface area contributed by atoms with Crippen LogP contribution in [0.25, 0.3) is 0 Å². The van der Waals surface area contributed by atoms with Crippen LogP contribution in [0.2, 0.25) is 18.1 Å². The third-order valence-electron chi connectivity index (χ3n) is 3.50. The topological polar surface area (TPSA) is 38.7 Å². The fourth-order valence-corrected chi connectivity index (χ4v) is 2.36. The Bertz CT molecular complexity index is 210. The van der Waals surface area contributed by atoms with Crippen LogP contribution in [0.5, 0.6) is 0 Å². The highest BCUT2D eigenvalue weighted by molar-refractivity contribution is 6.74. The van der Waals surface area contributed by atoms with Crippen LogP contribution < -0.4 is 0 Å². The number of rotatable bonds is 3. The third kappa shape index (κ3) is 3.55. The maximum Gasteiger partial charge on any atom is 0.192 e. The van der Waals surface area contributed by atoms with Crippen molar-refractivity contribution < 1.29 is 14.3 Å². The molecule has 1 saturated heterocycles. The minimum absolute atomic E-state index is 0.0918. The molecular weight excluding hydrogens is 208 g/mol. The summed E-state index contributed by atoms with van der Waals surface area (Å²) in [5, 5.41) is 9.56. The van der Waals surface area contributed by atoms with E-state index in [-0.39, 0.29) is 17.2 Å². The van der Waals surface area contributed by atoms with Crippen LogP contribution >= 0.6 is 0 Å². The van der Waals surface area contributed by atoms with E-state index in [0.29, 0.717) is 19.6 Å². The lowest BCUT2D eigenvalue weighted by atomic mass is 10.2. The molecule has 0 amide bonds. The Morgan fingerprint density at radius 2 is 2.00 bits per heavy atom. The fourth-order valence-electron chi connectivity index (χ4n) is 1.32. The predicted octanol–water partition coefficient (Wildman–Crippen LogP) is 2.16. The van der Waals surface area contributed by atoms with E-state index in [1.165, 1.54) is 0 Å². The van der Waals surface area contributed by atoms with E-state index >= 15 is 0 Å². The van der Waals surface area contributed by atoms with Gasteiger partial charge in [0.25, 0.3) is 0 Å². The molecule has 4 heteroatoms. The van der Waals surface area contributed by atoms with E-state index in [1.807, 2.05) is 0 Å². The van der Waals surface area contributed by atoms with Crippen LogP contribution in [-0.4, -0.2) is 38.8 Å². The molecular formula is C11H24O3Si. The van der Waals surface area contributed by atoms with Gasteiger partial charge in [0.05, 0.1) is 25.4 Å². The lowest BCUT2D eigenvalue weighted by molar-refractivity contribution is 0.0548. The zero-order valence-corrected chi connectivity index (χ0v) is 11.5. The summed E-state index contributed by atoms with van der Waals surface area (Å²) in [6.07, 6.45) is 0.515. The lowest BCUT2D eigenvalue weighted by Gasteiger charge is -2.36. The molecule has 3 nitrogen and oxygen atoms in total. The molecule has 0 bridgehead atoms. The normalized spacial score (nSPS) is 28.4. The number of hydrogen-bond donors (Lipinski definition) is 1. The number of aliphatic hydroxyl groups excluding tert-OH is 1. The van der Waals surface area contributed by atoms with Gasteiger partial charge < -0.3 is 14.3 Å². The van der Waals surface area contributed by atoms with Crippen LogP contribution in [-0.2, 0) is 9.16 Å². The zero-order valence-electron chi connectivity index (χ0n) is 10.5. The number of hydrogen-bond acceptors (Lipinski definition) is 3. The van der Waals surface area contributed by atoms with Gasteiger partial charge in [-0.3, -0.25) is 0 Å². The second kappa shape index (κ2) is 4.53. The van der Waals surface area contributed by atoms with Crippen molar-refractivity contribution in [2.24, 2.45) is 0 Å². The van der Waals surface area contributed by atoms with E-state index in [2.05, 4.69) is 33.9 Å². The van der Waals surface area contributed by atoms with Crippen molar-refractivity contribution >= 4 is 8.32 Å². The summed E-state index contributed by atoms with van der Waals surface area (Å²) in [7, 11) is -1.66. The minimum atomic E-state index is -1.66. The maximum absolute atomic E-state index is 9.32. The first kappa shape index (κ1) is 13.2. The highest BCUT2D eigenvalue weighted by Crippen LogP contribution is 2.36. The molecule has 1 fully saturated rings. The van der Waals surface area contributed by atoms with E-state index in [0.717, 1.165) is 0 Å². The third-order valence-corrected chi connectivity index (χ3v) is 8.00. The molecule has 0 spiro atoms. The van der Waals surface area contributed by atoms with Gasteiger partial charge in [-0.2, -0.15) is 0 Å². The van der Waals surface area contributed by atoms with Crippen molar-refractivity contribution in [3.63, 3.8) is 0 Å². The summed E-state index contributed by atoms with van der Waals surface area (Å²) in [6, 6.07) is 0. The zero-order chi connectivity index (χ0) is 11.7. The summed E-state index contributed by atoms with van der Waals surface area (Å²) in [5.41, 5.74) is 0. The second-order valence-electron chi connectivity index (χ2n) is 5.92. The summed E-state index contributed by atoms with van der Waals surface area (Å²) >= 11 is 0. The van der Waals surface area contributed by atoms with Gasteiger partial charge >= 0.3 is 0 Å². The Kier molecular flexibility index (Phi) is 3.98. The Balaban J connectivity index is 2.36. The molecule has 0 aromatic rings. The minimum Gasteiger partial charge on any atom is -0.414 e. The van der Waals surface area contributed by atoms with Crippen molar-refractivity contribution in [3.8, 4) is 0 Å². The summed E-state index contributed by atoms with van der Waals surface area (Å²) < 4.78 is 11.4. The van der Waals surface area contributed by atoms with Crippen molar-refractivity contribution in [1.82, 2.24) is 0 Å². The van der Waals surface area contributed by atoms with Gasteiger partial charge in [0.1, 0.15) is 0 Å². The highest BCUT2D eigenvalue weighted by atomic mass is 28.4. The predicted molar refractivity (Wildman–Crippen MR) is 63.5 cm³/mol. The molecule has 0 radical (unpaired) electrons. The van der Waals surface area contributed by atoms with Crippen molar-refractivity contribution in [2.45, 2.75) is 57.5 Å². The van der Waals surface area contributed by atoms with Crippen LogP contribution in [0.1, 0.15) is 27.2 Å². The molecule has 1 heterocycles. The molecule has 1 rings (SSSR count). The quantitative estimate of drug-likeness (QED) is 0.758. The summed E-state index contributed by atoms with van der Waals surface area (Å²) in [6.45, 7) is 12.2. The van der Waals surface area contributed by atoms with E-state index in [4.69, 9.17) is 9.16 Å². The Labute approximate surface area is 93.9 Å². The van der Waals surface area contributed by atoms with Gasteiger partial charge in [-0.05, 0) is 18.1 Å². The molecule has 1 N–H and O–H groups in total. The average Bonchev–Trinajstić information content (AvgIpc) is 2.46. The monoisotopic (exact) mass is 232 g/mol. The molecule has 0 aromatic carbocycles. The molecule has 0 aliphatic carbocycles. The van der Waals surface area contributed by atoms with Crippen molar-refractivity contribution in [2.75, 3.05) is 13.2 Å². The molecule has 2 atom stereocenters. The molecule has 90 valence electrons. The van der Waals surface area contributed by atoms with E-state index < -0.39 is 8.32 Å². The molecule has 15 heavy (non-hydrogen) atoms. The molecule has 1 aliphatic rings. The van der Waals surface area contributed by atoms with Crippen LogP contribution in [0.4, 0.5) is 0 Å². The van der Waals surface area contributed by atoms with Crippen LogP contribution in [0.15, 0.2) is 0 Å². The van der Waals surface area contributed by atoms with Gasteiger partial charge in [0, 0.05) is 6.42 Å². The molecule has 1 aliphatic heterocycles. The first-order valence-electron chi connectivity index (χ1n) is 5.66. The van der Waals surface area contributed by atoms with E-state index in [1.54, 1.807) is 0 Å². The smallest absolute Gasteiger partial charge is 0.192 e. The highest BCUT2D eigenvalue weighted by Gasteiger charge is 2.38. The molecule has 0 saturated carbocycles. The van der Waals surface area contributed by atoms with Gasteiger partial charge in [0.2, 0.25) is 0 Å².